The SMILES string of the molecule is Nc1ncc(-c2ccc(Br)cc2)n1N=Cc1ccccc1O. The van der Waals surface area contributed by atoms with Gasteiger partial charge in [0.2, 0.25) is 5.95 Å². The fraction of sp³-hybridized carbons (Fsp3) is 0. The van der Waals surface area contributed by atoms with Gasteiger partial charge in [-0.3, -0.25) is 0 Å². The summed E-state index contributed by atoms with van der Waals surface area (Å²) in [5.41, 5.74) is 8.21. The molecule has 3 rings (SSSR count). The Morgan fingerprint density at radius 2 is 1.86 bits per heavy atom. The van der Waals surface area contributed by atoms with Crippen molar-refractivity contribution in [3.05, 3.63) is 64.8 Å². The molecule has 0 amide bonds. The van der Waals surface area contributed by atoms with Gasteiger partial charge >= 0.3 is 0 Å². The van der Waals surface area contributed by atoms with E-state index in [1.54, 1.807) is 30.6 Å². The molecule has 3 N–H and O–H groups in total. The Labute approximate surface area is 135 Å². The minimum atomic E-state index is 0.162. The fourth-order valence-corrected chi connectivity index (χ4v) is 2.28. The number of aromatic nitrogens is 2. The molecule has 2 aromatic carbocycles. The highest BCUT2D eigenvalue weighted by Gasteiger charge is 2.08. The molecule has 0 saturated carbocycles. The summed E-state index contributed by atoms with van der Waals surface area (Å²) in [6.45, 7) is 0. The molecule has 3 aromatic rings. The third-order valence-corrected chi connectivity index (χ3v) is 3.68. The molecular formula is C16H13BrN4O. The van der Waals surface area contributed by atoms with Gasteiger partial charge < -0.3 is 10.8 Å². The van der Waals surface area contributed by atoms with Gasteiger partial charge in [0.1, 0.15) is 5.75 Å². The Bertz CT molecular complexity index is 824. The lowest BCUT2D eigenvalue weighted by atomic mass is 10.2. The van der Waals surface area contributed by atoms with Crippen LogP contribution >= 0.6 is 15.9 Å². The summed E-state index contributed by atoms with van der Waals surface area (Å²) in [5.74, 6) is 0.444. The number of nitrogens with two attached hydrogens (primary N) is 1. The van der Waals surface area contributed by atoms with Crippen molar-refractivity contribution in [2.75, 3.05) is 5.73 Å². The van der Waals surface area contributed by atoms with Gasteiger partial charge in [-0.25, -0.2) is 4.98 Å². The van der Waals surface area contributed by atoms with Crippen molar-refractivity contribution >= 4 is 28.1 Å². The Balaban J connectivity index is 2.00. The summed E-state index contributed by atoms with van der Waals surface area (Å²) >= 11 is 3.41. The molecule has 0 bridgehead atoms. The maximum atomic E-state index is 9.77. The first-order valence-corrected chi connectivity index (χ1v) is 7.36. The molecule has 0 unspecified atom stereocenters. The number of phenolic OH excluding ortho intramolecular Hbond substituents is 1. The van der Waals surface area contributed by atoms with Crippen LogP contribution in [0.1, 0.15) is 5.56 Å². The summed E-state index contributed by atoms with van der Waals surface area (Å²) in [6.07, 6.45) is 3.22. The van der Waals surface area contributed by atoms with Crippen LogP contribution < -0.4 is 5.73 Å². The van der Waals surface area contributed by atoms with E-state index in [0.717, 1.165) is 15.7 Å². The van der Waals surface area contributed by atoms with Gasteiger partial charge in [0.25, 0.3) is 0 Å². The lowest BCUT2D eigenvalue weighted by Crippen LogP contribution is -2.00. The third kappa shape index (κ3) is 2.87. The Morgan fingerprint density at radius 3 is 2.59 bits per heavy atom. The van der Waals surface area contributed by atoms with Crippen LogP contribution in [-0.2, 0) is 0 Å². The van der Waals surface area contributed by atoms with Crippen molar-refractivity contribution in [2.45, 2.75) is 0 Å². The maximum Gasteiger partial charge on any atom is 0.221 e. The molecule has 0 saturated heterocycles. The van der Waals surface area contributed by atoms with Crippen LogP contribution in [0.15, 0.2) is 64.3 Å². The number of hydrogen-bond acceptors (Lipinski definition) is 4. The molecule has 0 aliphatic carbocycles. The lowest BCUT2D eigenvalue weighted by molar-refractivity contribution is 0.474. The van der Waals surface area contributed by atoms with Crippen LogP contribution in [0.25, 0.3) is 11.3 Å². The lowest BCUT2D eigenvalue weighted by Gasteiger charge is -2.04. The second-order valence-electron chi connectivity index (χ2n) is 4.62. The standard InChI is InChI=1S/C16H13BrN4O/c17-13-7-5-11(6-8-13)14-10-19-16(18)21(14)20-9-12-3-1-2-4-15(12)22/h1-10,22H,(H2,18,19). The number of nitrogen functional groups attached to an aromatic ring is 1. The number of hydrogen-bond donors (Lipinski definition) is 2. The average molecular weight is 357 g/mol. The second kappa shape index (κ2) is 6.03. The number of nitrogens with zero attached hydrogens (tertiary/aromatic N) is 3. The first-order chi connectivity index (χ1) is 10.6. The van der Waals surface area contributed by atoms with Crippen LogP contribution in [0, 0.1) is 0 Å². The zero-order chi connectivity index (χ0) is 15.5. The monoisotopic (exact) mass is 356 g/mol. The van der Waals surface area contributed by atoms with Crippen LogP contribution in [-0.4, -0.2) is 21.0 Å². The first-order valence-electron chi connectivity index (χ1n) is 6.56. The zero-order valence-electron chi connectivity index (χ0n) is 11.5. The molecular weight excluding hydrogens is 344 g/mol. The number of phenols is 1. The summed E-state index contributed by atoms with van der Waals surface area (Å²) in [7, 11) is 0. The van der Waals surface area contributed by atoms with Gasteiger partial charge in [-0.2, -0.15) is 9.78 Å². The molecule has 0 fully saturated rings. The van der Waals surface area contributed by atoms with Crippen LogP contribution in [0.2, 0.25) is 0 Å². The minimum Gasteiger partial charge on any atom is -0.507 e. The molecule has 5 nitrogen and oxygen atoms in total. The van der Waals surface area contributed by atoms with E-state index in [0.29, 0.717) is 5.56 Å². The number of rotatable bonds is 3. The number of anilines is 1. The van der Waals surface area contributed by atoms with Crippen molar-refractivity contribution in [1.29, 1.82) is 0 Å². The van der Waals surface area contributed by atoms with Crippen molar-refractivity contribution in [3.8, 4) is 17.0 Å². The van der Waals surface area contributed by atoms with E-state index in [2.05, 4.69) is 26.0 Å². The summed E-state index contributed by atoms with van der Waals surface area (Å²) < 4.78 is 2.53. The van der Waals surface area contributed by atoms with Crippen LogP contribution in [0.5, 0.6) is 5.75 Å². The molecule has 22 heavy (non-hydrogen) atoms. The number of benzene rings is 2. The van der Waals surface area contributed by atoms with Gasteiger partial charge in [0, 0.05) is 15.6 Å². The smallest absolute Gasteiger partial charge is 0.221 e. The van der Waals surface area contributed by atoms with E-state index in [1.807, 2.05) is 30.3 Å². The molecule has 6 heteroatoms. The average Bonchev–Trinajstić information content (AvgIpc) is 2.88. The van der Waals surface area contributed by atoms with E-state index >= 15 is 0 Å². The van der Waals surface area contributed by atoms with E-state index < -0.39 is 0 Å². The van der Waals surface area contributed by atoms with Crippen molar-refractivity contribution in [2.24, 2.45) is 5.10 Å². The molecule has 0 spiro atoms. The number of aromatic hydroxyl groups is 1. The Kier molecular flexibility index (Phi) is 3.93. The van der Waals surface area contributed by atoms with Crippen LogP contribution in [0.3, 0.4) is 0 Å². The number of halogens is 1. The Hall–Kier alpha value is -2.60. The largest absolute Gasteiger partial charge is 0.507 e. The highest BCUT2D eigenvalue weighted by atomic mass is 79.9. The molecule has 1 heterocycles. The predicted octanol–water partition coefficient (Wildman–Crippen LogP) is 3.48. The van der Waals surface area contributed by atoms with Gasteiger partial charge in [0.05, 0.1) is 18.1 Å². The zero-order valence-corrected chi connectivity index (χ0v) is 13.1. The molecule has 110 valence electrons. The van der Waals surface area contributed by atoms with Gasteiger partial charge in [-0.05, 0) is 24.3 Å². The summed E-state index contributed by atoms with van der Waals surface area (Å²) in [4.78, 5) is 4.10. The number of para-hydroxylation sites is 1. The highest BCUT2D eigenvalue weighted by Crippen LogP contribution is 2.24. The quantitative estimate of drug-likeness (QED) is 0.705. The van der Waals surface area contributed by atoms with Gasteiger partial charge in [0.15, 0.2) is 0 Å². The molecule has 0 atom stereocenters. The summed E-state index contributed by atoms with van der Waals surface area (Å²) in [5, 5.41) is 14.1. The van der Waals surface area contributed by atoms with E-state index in [-0.39, 0.29) is 11.7 Å². The Morgan fingerprint density at radius 1 is 1.14 bits per heavy atom. The molecule has 0 aliphatic rings. The predicted molar refractivity (Wildman–Crippen MR) is 90.9 cm³/mol. The van der Waals surface area contributed by atoms with Gasteiger partial charge in [-0.15, -0.1) is 0 Å². The summed E-state index contributed by atoms with van der Waals surface area (Å²) in [6, 6.07) is 14.7. The van der Waals surface area contributed by atoms with E-state index in [1.165, 1.54) is 4.68 Å². The molecule has 0 aliphatic heterocycles. The van der Waals surface area contributed by atoms with Crippen LogP contribution in [0.4, 0.5) is 5.95 Å². The fourth-order valence-electron chi connectivity index (χ4n) is 2.02. The van der Waals surface area contributed by atoms with Gasteiger partial charge in [-0.1, -0.05) is 40.2 Å². The normalized spacial score (nSPS) is 11.1. The van der Waals surface area contributed by atoms with Crippen molar-refractivity contribution in [3.63, 3.8) is 0 Å². The second-order valence-corrected chi connectivity index (χ2v) is 5.54. The molecule has 1 aromatic heterocycles. The van der Waals surface area contributed by atoms with E-state index in [4.69, 9.17) is 5.73 Å². The van der Waals surface area contributed by atoms with E-state index in [9.17, 15) is 5.11 Å². The third-order valence-electron chi connectivity index (χ3n) is 3.15. The highest BCUT2D eigenvalue weighted by molar-refractivity contribution is 9.10. The maximum absolute atomic E-state index is 9.77. The topological polar surface area (TPSA) is 76.4 Å². The van der Waals surface area contributed by atoms with Crippen molar-refractivity contribution < 1.29 is 5.11 Å². The first kappa shape index (κ1) is 14.3. The minimum absolute atomic E-state index is 0.162. The number of imidazole rings is 1. The van der Waals surface area contributed by atoms with Crippen molar-refractivity contribution in [1.82, 2.24) is 9.66 Å². The molecule has 0 radical (unpaired) electrons.